The molecular formula is C16H23FN2O2. The molecule has 0 aliphatic carbocycles. The van der Waals surface area contributed by atoms with Crippen LogP contribution in [0, 0.1) is 5.82 Å². The zero-order chi connectivity index (χ0) is 15.3. The van der Waals surface area contributed by atoms with Crippen LogP contribution in [0.15, 0.2) is 24.3 Å². The number of para-hydroxylation sites is 1. The molecule has 1 heterocycles. The van der Waals surface area contributed by atoms with Crippen molar-refractivity contribution in [3.05, 3.63) is 30.1 Å². The molecule has 4 nitrogen and oxygen atoms in total. The van der Waals surface area contributed by atoms with E-state index < -0.39 is 17.3 Å². The Bertz CT molecular complexity index is 495. The van der Waals surface area contributed by atoms with Gasteiger partial charge in [0, 0.05) is 6.54 Å². The molecule has 1 aliphatic heterocycles. The Balaban J connectivity index is 2.17. The molecular weight excluding hydrogens is 271 g/mol. The average Bonchev–Trinajstić information content (AvgIpc) is 2.66. The lowest BCUT2D eigenvalue weighted by Gasteiger charge is -2.30. The summed E-state index contributed by atoms with van der Waals surface area (Å²) < 4.78 is 13.8. The van der Waals surface area contributed by atoms with E-state index in [0.717, 1.165) is 32.5 Å². The van der Waals surface area contributed by atoms with Gasteiger partial charge in [-0.1, -0.05) is 19.1 Å². The fourth-order valence-electron chi connectivity index (χ4n) is 2.94. The van der Waals surface area contributed by atoms with E-state index in [1.54, 1.807) is 18.2 Å². The van der Waals surface area contributed by atoms with Crippen LogP contribution in [0.1, 0.15) is 32.6 Å². The number of halogens is 1. The number of carboxylic acid groups (broad SMARTS) is 1. The number of likely N-dealkylation sites (tertiary alicyclic amines) is 1. The SMILES string of the molecule is CCCN1CCCC(Nc2ccccc2F)(C(=O)O)CC1. The van der Waals surface area contributed by atoms with E-state index in [9.17, 15) is 14.3 Å². The first-order valence-electron chi connectivity index (χ1n) is 7.56. The van der Waals surface area contributed by atoms with Gasteiger partial charge < -0.3 is 15.3 Å². The summed E-state index contributed by atoms with van der Waals surface area (Å²) in [7, 11) is 0. The highest BCUT2D eigenvalue weighted by Crippen LogP contribution is 2.29. The monoisotopic (exact) mass is 294 g/mol. The fourth-order valence-corrected chi connectivity index (χ4v) is 2.94. The van der Waals surface area contributed by atoms with Crippen molar-refractivity contribution >= 4 is 11.7 Å². The summed E-state index contributed by atoms with van der Waals surface area (Å²) in [6.45, 7) is 4.73. The molecule has 1 fully saturated rings. The van der Waals surface area contributed by atoms with E-state index in [4.69, 9.17) is 0 Å². The number of anilines is 1. The third kappa shape index (κ3) is 3.73. The fraction of sp³-hybridized carbons (Fsp3) is 0.562. The summed E-state index contributed by atoms with van der Waals surface area (Å²) in [5, 5.41) is 12.6. The predicted octanol–water partition coefficient (Wildman–Crippen LogP) is 2.96. The zero-order valence-electron chi connectivity index (χ0n) is 12.4. The summed E-state index contributed by atoms with van der Waals surface area (Å²) in [5.74, 6) is -1.31. The maximum atomic E-state index is 13.8. The molecule has 116 valence electrons. The molecule has 1 aromatic carbocycles. The number of hydrogen-bond donors (Lipinski definition) is 2. The molecule has 1 aliphatic rings. The Morgan fingerprint density at radius 1 is 1.38 bits per heavy atom. The van der Waals surface area contributed by atoms with Crippen LogP contribution >= 0.6 is 0 Å². The Labute approximate surface area is 125 Å². The van der Waals surface area contributed by atoms with Gasteiger partial charge in [-0.3, -0.25) is 0 Å². The number of nitrogens with zero attached hydrogens (tertiary/aromatic N) is 1. The Hall–Kier alpha value is -1.62. The first-order chi connectivity index (χ1) is 10.1. The standard InChI is InChI=1S/C16H23FN2O2/c1-2-10-19-11-5-8-16(9-12-19,15(20)21)18-14-7-4-3-6-13(14)17/h3-4,6-7,18H,2,5,8-12H2,1H3,(H,20,21). The topological polar surface area (TPSA) is 52.6 Å². The van der Waals surface area contributed by atoms with Crippen molar-refractivity contribution in [2.45, 2.75) is 38.1 Å². The molecule has 1 unspecified atom stereocenters. The summed E-state index contributed by atoms with van der Waals surface area (Å²) in [6, 6.07) is 6.25. The highest BCUT2D eigenvalue weighted by molar-refractivity contribution is 5.83. The van der Waals surface area contributed by atoms with E-state index in [0.29, 0.717) is 12.8 Å². The number of nitrogens with one attached hydrogen (secondary N) is 1. The number of carbonyl (C=O) groups is 1. The van der Waals surface area contributed by atoms with Crippen molar-refractivity contribution in [1.29, 1.82) is 0 Å². The third-order valence-corrected chi connectivity index (χ3v) is 4.13. The van der Waals surface area contributed by atoms with Crippen LogP contribution in [0.2, 0.25) is 0 Å². The summed E-state index contributed by atoms with van der Waals surface area (Å²) in [6.07, 6.45) is 2.85. The van der Waals surface area contributed by atoms with Crippen molar-refractivity contribution < 1.29 is 14.3 Å². The summed E-state index contributed by atoms with van der Waals surface area (Å²) in [5.41, 5.74) is -0.811. The molecule has 5 heteroatoms. The van der Waals surface area contributed by atoms with Gasteiger partial charge in [-0.25, -0.2) is 9.18 Å². The lowest BCUT2D eigenvalue weighted by Crippen LogP contribution is -2.47. The van der Waals surface area contributed by atoms with E-state index in [-0.39, 0.29) is 5.69 Å². The van der Waals surface area contributed by atoms with Crippen molar-refractivity contribution in [2.24, 2.45) is 0 Å². The molecule has 0 amide bonds. The van der Waals surface area contributed by atoms with Gasteiger partial charge >= 0.3 is 5.97 Å². The van der Waals surface area contributed by atoms with Gasteiger partial charge in [0.1, 0.15) is 11.4 Å². The Morgan fingerprint density at radius 2 is 2.14 bits per heavy atom. The quantitative estimate of drug-likeness (QED) is 0.876. The summed E-state index contributed by atoms with van der Waals surface area (Å²) >= 11 is 0. The third-order valence-electron chi connectivity index (χ3n) is 4.13. The molecule has 1 atom stereocenters. The number of carboxylic acids is 1. The molecule has 0 spiro atoms. The van der Waals surface area contributed by atoms with Crippen LogP contribution in [-0.2, 0) is 4.79 Å². The number of rotatable bonds is 5. The van der Waals surface area contributed by atoms with Crippen molar-refractivity contribution in [2.75, 3.05) is 25.0 Å². The van der Waals surface area contributed by atoms with Gasteiger partial charge in [-0.05, 0) is 50.9 Å². The van der Waals surface area contributed by atoms with Gasteiger partial charge in [0.25, 0.3) is 0 Å². The molecule has 2 rings (SSSR count). The second kappa shape index (κ2) is 6.89. The van der Waals surface area contributed by atoms with Crippen LogP contribution in [0.5, 0.6) is 0 Å². The van der Waals surface area contributed by atoms with Crippen LogP contribution in [0.3, 0.4) is 0 Å². The predicted molar refractivity (Wildman–Crippen MR) is 81.0 cm³/mol. The van der Waals surface area contributed by atoms with Crippen LogP contribution in [0.4, 0.5) is 10.1 Å². The molecule has 0 radical (unpaired) electrons. The maximum Gasteiger partial charge on any atom is 0.329 e. The molecule has 21 heavy (non-hydrogen) atoms. The van der Waals surface area contributed by atoms with Crippen LogP contribution in [-0.4, -0.2) is 41.1 Å². The zero-order valence-corrected chi connectivity index (χ0v) is 12.4. The maximum absolute atomic E-state index is 13.8. The molecule has 0 aromatic heterocycles. The largest absolute Gasteiger partial charge is 0.480 e. The smallest absolute Gasteiger partial charge is 0.329 e. The van der Waals surface area contributed by atoms with E-state index in [2.05, 4.69) is 17.1 Å². The normalized spacial score (nSPS) is 23.5. The van der Waals surface area contributed by atoms with Crippen molar-refractivity contribution in [3.8, 4) is 0 Å². The first-order valence-corrected chi connectivity index (χ1v) is 7.56. The van der Waals surface area contributed by atoms with Crippen molar-refractivity contribution in [3.63, 3.8) is 0 Å². The van der Waals surface area contributed by atoms with Gasteiger partial charge in [0.2, 0.25) is 0 Å². The average molecular weight is 294 g/mol. The second-order valence-corrected chi connectivity index (χ2v) is 5.69. The van der Waals surface area contributed by atoms with E-state index in [1.165, 1.54) is 6.07 Å². The van der Waals surface area contributed by atoms with Gasteiger partial charge in [-0.2, -0.15) is 0 Å². The molecule has 0 bridgehead atoms. The van der Waals surface area contributed by atoms with Gasteiger partial charge in [0.15, 0.2) is 0 Å². The van der Waals surface area contributed by atoms with Gasteiger partial charge in [0.05, 0.1) is 5.69 Å². The van der Waals surface area contributed by atoms with E-state index >= 15 is 0 Å². The van der Waals surface area contributed by atoms with E-state index in [1.807, 2.05) is 0 Å². The number of aliphatic carboxylic acids is 1. The highest BCUT2D eigenvalue weighted by Gasteiger charge is 2.40. The van der Waals surface area contributed by atoms with Crippen LogP contribution in [0.25, 0.3) is 0 Å². The van der Waals surface area contributed by atoms with Crippen molar-refractivity contribution in [1.82, 2.24) is 4.90 Å². The summed E-state index contributed by atoms with van der Waals surface area (Å²) in [4.78, 5) is 14.1. The minimum absolute atomic E-state index is 0.267. The first kappa shape index (κ1) is 15.8. The lowest BCUT2D eigenvalue weighted by molar-refractivity contribution is -0.142. The molecule has 0 saturated carbocycles. The molecule has 1 saturated heterocycles. The Morgan fingerprint density at radius 3 is 2.81 bits per heavy atom. The minimum Gasteiger partial charge on any atom is -0.480 e. The van der Waals surface area contributed by atoms with Crippen LogP contribution < -0.4 is 5.32 Å². The lowest BCUT2D eigenvalue weighted by atomic mass is 9.90. The number of hydrogen-bond acceptors (Lipinski definition) is 3. The Kier molecular flexibility index (Phi) is 5.17. The second-order valence-electron chi connectivity index (χ2n) is 5.69. The van der Waals surface area contributed by atoms with Gasteiger partial charge in [-0.15, -0.1) is 0 Å². The highest BCUT2D eigenvalue weighted by atomic mass is 19.1. The number of benzene rings is 1. The molecule has 2 N–H and O–H groups in total. The minimum atomic E-state index is -1.08. The molecule has 1 aromatic rings.